The Kier molecular flexibility index (Phi) is 47.7. The smallest absolute Gasteiger partial charge is 1.00 e. The Balaban J connectivity index is -0.000000176. The van der Waals surface area contributed by atoms with E-state index in [4.69, 9.17) is 23.2 Å². The summed E-state index contributed by atoms with van der Waals surface area (Å²) >= 11 is 12.3. The number of phenols is 2. The molecule has 2 N–H and O–H groups in total. The summed E-state index contributed by atoms with van der Waals surface area (Å²) < 4.78 is 45.7. The monoisotopic (exact) mass is 1240 g/mol. The van der Waals surface area contributed by atoms with Crippen molar-refractivity contribution in [1.29, 1.82) is 0 Å². The second-order valence-electron chi connectivity index (χ2n) is 12.1. The standard InChI is InChI=1S/2C14H13ClN4O.4C2H6OS.4ClH.2Pd/c2*15-13-5-11(7-18-3-1-16-9-18)14(20)12(6-13)8-19-4-2-17-10-19;4*1-4(2)3;;;;;;/h2*1-6,9-10,20H,7-8H2;4*1-2H3;4*1H;;/q;;;;;;;;;;2*+2/p-4. The van der Waals surface area contributed by atoms with Crippen LogP contribution in [-0.4, -0.2) is 115 Å². The molecule has 0 aliphatic carbocycles. The molecule has 356 valence electrons. The van der Waals surface area contributed by atoms with Gasteiger partial charge in [-0.2, -0.15) is 0 Å². The fraction of sp³-hybridized carbons (Fsp3) is 0.333. The van der Waals surface area contributed by atoms with Gasteiger partial charge in [-0.1, -0.05) is 23.2 Å². The zero-order valence-electron chi connectivity index (χ0n) is 34.7. The van der Waals surface area contributed by atoms with Crippen LogP contribution in [0, 0.1) is 0 Å². The topological polar surface area (TPSA) is 180 Å². The van der Waals surface area contributed by atoms with Gasteiger partial charge in [0.05, 0.1) is 51.5 Å². The summed E-state index contributed by atoms with van der Waals surface area (Å²) in [5.74, 6) is 0.522. The Morgan fingerprint density at radius 1 is 0.435 bits per heavy atom. The summed E-state index contributed by atoms with van der Waals surface area (Å²) in [5, 5.41) is 22.0. The molecule has 26 heteroatoms. The number of nitrogens with zero attached hydrogens (tertiary/aromatic N) is 8. The predicted octanol–water partition coefficient (Wildman–Crippen LogP) is -6.94. The number of benzene rings is 2. The van der Waals surface area contributed by atoms with E-state index in [1.54, 1.807) is 124 Å². The van der Waals surface area contributed by atoms with Gasteiger partial charge in [-0.25, -0.2) is 19.9 Å². The third-order valence-corrected chi connectivity index (χ3v) is 6.55. The Bertz CT molecular complexity index is 1790. The van der Waals surface area contributed by atoms with E-state index in [2.05, 4.69) is 19.9 Å². The first-order valence-electron chi connectivity index (χ1n) is 16.2. The van der Waals surface area contributed by atoms with E-state index < -0.39 is 43.2 Å². The number of phenolic OH excluding ortho intramolecular Hbond substituents is 2. The van der Waals surface area contributed by atoms with E-state index in [1.807, 2.05) is 43.1 Å². The molecule has 2 aromatic carbocycles. The predicted molar refractivity (Wildman–Crippen MR) is 232 cm³/mol. The number of imidazole rings is 4. The first kappa shape index (κ1) is 72.2. The number of hydrogen-bond acceptors (Lipinski definition) is 10. The van der Waals surface area contributed by atoms with Crippen LogP contribution in [0.25, 0.3) is 0 Å². The second-order valence-corrected chi connectivity index (χ2v) is 18.9. The van der Waals surface area contributed by atoms with Gasteiger partial charge in [-0.05, 0) is 24.3 Å². The minimum Gasteiger partial charge on any atom is -1.00 e. The minimum atomic E-state index is -0.611. The van der Waals surface area contributed by atoms with Gasteiger partial charge < -0.3 is 78.1 Å². The van der Waals surface area contributed by atoms with Crippen molar-refractivity contribution in [3.63, 3.8) is 0 Å². The Hall–Kier alpha value is -1.46. The molecular formula is C36H50Cl6N8O6Pd2S4. The molecule has 0 spiro atoms. The molecule has 0 saturated carbocycles. The van der Waals surface area contributed by atoms with E-state index in [1.165, 1.54) is 0 Å². The van der Waals surface area contributed by atoms with Crippen molar-refractivity contribution in [2.45, 2.75) is 26.2 Å². The van der Waals surface area contributed by atoms with Gasteiger partial charge in [0.2, 0.25) is 0 Å². The molecule has 0 atom stereocenters. The maximum atomic E-state index is 10.4. The number of aromatic nitrogens is 8. The molecule has 6 rings (SSSR count). The third-order valence-electron chi connectivity index (χ3n) is 6.11. The van der Waals surface area contributed by atoms with Crippen molar-refractivity contribution < 1.29 is 118 Å². The fourth-order valence-corrected chi connectivity index (χ4v) is 4.75. The molecule has 14 nitrogen and oxygen atoms in total. The van der Waals surface area contributed by atoms with Gasteiger partial charge in [-0.3, -0.25) is 16.8 Å². The average molecular weight is 1240 g/mol. The van der Waals surface area contributed by atoms with Crippen LogP contribution in [0.2, 0.25) is 10.0 Å². The first-order chi connectivity index (χ1) is 26.4. The van der Waals surface area contributed by atoms with Crippen LogP contribution >= 0.6 is 23.2 Å². The van der Waals surface area contributed by atoms with Gasteiger partial charge in [0.1, 0.15) is 11.5 Å². The van der Waals surface area contributed by atoms with Gasteiger partial charge in [0.25, 0.3) is 0 Å². The van der Waals surface area contributed by atoms with E-state index in [-0.39, 0.29) is 102 Å². The molecule has 0 unspecified atom stereocenters. The zero-order valence-corrected chi connectivity index (χ0v) is 45.6. The zero-order chi connectivity index (χ0) is 42.2. The summed E-state index contributed by atoms with van der Waals surface area (Å²) in [6.45, 7) is 2.12. The van der Waals surface area contributed by atoms with Crippen LogP contribution in [0.1, 0.15) is 22.3 Å². The molecule has 0 aliphatic heterocycles. The maximum Gasteiger partial charge on any atom is 2.00 e. The number of hydrogen-bond donors (Lipinski definition) is 2. The molecule has 0 aliphatic rings. The van der Waals surface area contributed by atoms with Crippen molar-refractivity contribution in [1.82, 2.24) is 38.2 Å². The van der Waals surface area contributed by atoms with E-state index in [0.717, 1.165) is 22.3 Å². The second kappa shape index (κ2) is 41.0. The molecule has 62 heavy (non-hydrogen) atoms. The summed E-state index contributed by atoms with van der Waals surface area (Å²) in [5.41, 5.74) is 3.08. The van der Waals surface area contributed by atoms with Crippen molar-refractivity contribution in [3.05, 3.63) is 131 Å². The van der Waals surface area contributed by atoms with Gasteiger partial charge in [0, 0.05) is 175 Å². The van der Waals surface area contributed by atoms with Gasteiger partial charge in [-0.15, -0.1) is 0 Å². The largest absolute Gasteiger partial charge is 2.00 e. The Labute approximate surface area is 437 Å². The molecule has 0 amide bonds. The van der Waals surface area contributed by atoms with Crippen LogP contribution < -0.4 is 49.6 Å². The van der Waals surface area contributed by atoms with E-state index >= 15 is 0 Å². The summed E-state index contributed by atoms with van der Waals surface area (Å²) in [6, 6.07) is 7.09. The molecule has 0 fully saturated rings. The quantitative estimate of drug-likeness (QED) is 0.139. The molecule has 6 aromatic rings. The van der Waals surface area contributed by atoms with E-state index in [9.17, 15) is 27.0 Å². The SMILES string of the molecule is CS(C)=O.CS(C)=O.CS(C)=O.CS(C)=O.Oc1c(Cn2ccnc2)cc(Cl)cc1Cn1ccnc1.Oc1c(Cn2ccnc2)cc(Cl)cc1Cn1ccnc1.[Cl-].[Cl-].[Cl-].[Cl-].[Pd+2].[Pd+2]. The fourth-order valence-electron chi connectivity index (χ4n) is 4.22. The average Bonchev–Trinajstić information content (AvgIpc) is 3.91. The Morgan fingerprint density at radius 2 is 0.597 bits per heavy atom. The minimum absolute atomic E-state index is 0. The van der Waals surface area contributed by atoms with E-state index in [0.29, 0.717) is 36.2 Å². The van der Waals surface area contributed by atoms with Crippen molar-refractivity contribution in [2.75, 3.05) is 50.0 Å². The molecule has 0 bridgehead atoms. The van der Waals surface area contributed by atoms with Gasteiger partial charge in [0.15, 0.2) is 0 Å². The maximum absolute atomic E-state index is 10.4. The third kappa shape index (κ3) is 34.9. The van der Waals surface area contributed by atoms with Crippen LogP contribution in [0.15, 0.2) is 99.1 Å². The Morgan fingerprint density at radius 3 is 0.726 bits per heavy atom. The number of halogens is 6. The normalized spacial score (nSPS) is 9.26. The molecule has 0 saturated heterocycles. The van der Waals surface area contributed by atoms with Crippen LogP contribution in [0.4, 0.5) is 0 Å². The molecule has 0 radical (unpaired) electrons. The summed E-state index contributed by atoms with van der Waals surface area (Å²) in [7, 11) is -2.44. The van der Waals surface area contributed by atoms with Crippen molar-refractivity contribution >= 4 is 66.4 Å². The molecule has 4 aromatic heterocycles. The summed E-state index contributed by atoms with van der Waals surface area (Å²) in [4.78, 5) is 16.0. The number of aromatic hydroxyl groups is 2. The van der Waals surface area contributed by atoms with Crippen molar-refractivity contribution in [3.8, 4) is 11.5 Å². The molecular weight excluding hydrogens is 1190 g/mol. The molecule has 4 heterocycles. The first-order valence-corrected chi connectivity index (χ1v) is 24.8. The van der Waals surface area contributed by atoms with Crippen LogP contribution in [0.3, 0.4) is 0 Å². The van der Waals surface area contributed by atoms with Crippen molar-refractivity contribution in [2.24, 2.45) is 0 Å². The van der Waals surface area contributed by atoms with Gasteiger partial charge >= 0.3 is 40.8 Å². The number of rotatable bonds is 8. The summed E-state index contributed by atoms with van der Waals surface area (Å²) in [6.07, 6.45) is 34.1. The van der Waals surface area contributed by atoms with Crippen LogP contribution in [0.5, 0.6) is 11.5 Å². The van der Waals surface area contributed by atoms with Crippen LogP contribution in [-0.2, 0) is 110 Å².